The summed E-state index contributed by atoms with van der Waals surface area (Å²) in [4.78, 5) is 11.6. The first-order valence-corrected chi connectivity index (χ1v) is 17.9. The van der Waals surface area contributed by atoms with Gasteiger partial charge in [-0.25, -0.2) is 4.79 Å². The molecule has 1 saturated heterocycles. The number of carbonyl (C=O) groups is 1. The lowest BCUT2D eigenvalue weighted by Gasteiger charge is -2.03. The van der Waals surface area contributed by atoms with Crippen molar-refractivity contribution in [1.29, 1.82) is 0 Å². The van der Waals surface area contributed by atoms with E-state index in [1.165, 1.54) is 161 Å². The standard InChI is InChI=1S/C37H66O3/c1-3-4-5-6-7-8-9-10-11-15-18-21-24-27-30-35-36(40-35)31-28-25-22-19-16-13-12-14-17-20-23-26-29-34-32-33(2)39-37(34)38/h21,24,32-33,35-36H,3-20,22-23,25-31H2,1-2H3/b24-21-. The molecule has 0 bridgehead atoms. The van der Waals surface area contributed by atoms with E-state index in [0.29, 0.717) is 12.2 Å². The Kier molecular flexibility index (Phi) is 21.5. The number of unbranched alkanes of at least 4 members (excludes halogenated alkanes) is 21. The predicted octanol–water partition coefficient (Wildman–Crippen LogP) is 11.7. The Morgan fingerprint density at radius 3 is 1.62 bits per heavy atom. The van der Waals surface area contributed by atoms with Crippen LogP contribution >= 0.6 is 0 Å². The lowest BCUT2D eigenvalue weighted by atomic mass is 10.0. The zero-order valence-corrected chi connectivity index (χ0v) is 26.8. The summed E-state index contributed by atoms with van der Waals surface area (Å²) < 4.78 is 11.1. The minimum absolute atomic E-state index is 0.0199. The van der Waals surface area contributed by atoms with Crippen LogP contribution in [0, 0.1) is 0 Å². The van der Waals surface area contributed by atoms with Gasteiger partial charge in [0.15, 0.2) is 0 Å². The summed E-state index contributed by atoms with van der Waals surface area (Å²) in [7, 11) is 0. The Morgan fingerprint density at radius 2 is 1.07 bits per heavy atom. The molecule has 2 aliphatic rings. The summed E-state index contributed by atoms with van der Waals surface area (Å²) >= 11 is 0. The molecule has 2 heterocycles. The molecule has 3 atom stereocenters. The van der Waals surface area contributed by atoms with Crippen LogP contribution in [0.2, 0.25) is 0 Å². The van der Waals surface area contributed by atoms with Crippen LogP contribution in [-0.2, 0) is 14.3 Å². The molecule has 0 aromatic heterocycles. The monoisotopic (exact) mass is 559 g/mol. The van der Waals surface area contributed by atoms with Gasteiger partial charge in [-0.15, -0.1) is 0 Å². The minimum Gasteiger partial charge on any atom is -0.455 e. The van der Waals surface area contributed by atoms with Crippen molar-refractivity contribution < 1.29 is 14.3 Å². The number of ether oxygens (including phenoxy) is 2. The molecule has 0 aromatic rings. The quantitative estimate of drug-likeness (QED) is 0.0396. The average Bonchev–Trinajstić information content (AvgIpc) is 3.61. The number of allylic oxidation sites excluding steroid dienone is 2. The zero-order valence-electron chi connectivity index (χ0n) is 26.8. The van der Waals surface area contributed by atoms with Crippen LogP contribution in [-0.4, -0.2) is 24.3 Å². The maximum absolute atomic E-state index is 11.6. The van der Waals surface area contributed by atoms with Crippen molar-refractivity contribution in [3.05, 3.63) is 23.8 Å². The fourth-order valence-corrected chi connectivity index (χ4v) is 6.18. The van der Waals surface area contributed by atoms with Gasteiger partial charge in [0.25, 0.3) is 0 Å². The van der Waals surface area contributed by atoms with Crippen molar-refractivity contribution in [3.8, 4) is 0 Å². The molecule has 3 heteroatoms. The number of hydrogen-bond acceptors (Lipinski definition) is 3. The van der Waals surface area contributed by atoms with E-state index in [1.54, 1.807) is 0 Å². The third-order valence-electron chi connectivity index (χ3n) is 8.87. The van der Waals surface area contributed by atoms with E-state index in [0.717, 1.165) is 18.4 Å². The van der Waals surface area contributed by atoms with Crippen LogP contribution < -0.4 is 0 Å². The molecule has 3 unspecified atom stereocenters. The second-order valence-electron chi connectivity index (χ2n) is 12.8. The van der Waals surface area contributed by atoms with Gasteiger partial charge in [-0.05, 0) is 57.9 Å². The van der Waals surface area contributed by atoms with Gasteiger partial charge in [0.05, 0.1) is 12.2 Å². The Morgan fingerprint density at radius 1 is 0.600 bits per heavy atom. The highest BCUT2D eigenvalue weighted by Crippen LogP contribution is 2.31. The SMILES string of the molecule is CCCCCCCCCCCC/C=C\CCC1OC1CCCCCCCCCCCCCCC1=CC(C)OC1=O. The van der Waals surface area contributed by atoms with Crippen LogP contribution in [0.1, 0.15) is 187 Å². The number of esters is 1. The zero-order chi connectivity index (χ0) is 28.5. The van der Waals surface area contributed by atoms with E-state index in [4.69, 9.17) is 9.47 Å². The molecular formula is C37H66O3. The second-order valence-corrected chi connectivity index (χ2v) is 12.8. The van der Waals surface area contributed by atoms with Crippen molar-refractivity contribution in [2.24, 2.45) is 0 Å². The van der Waals surface area contributed by atoms with E-state index in [2.05, 4.69) is 19.1 Å². The molecule has 40 heavy (non-hydrogen) atoms. The first kappa shape index (κ1) is 35.1. The van der Waals surface area contributed by atoms with Crippen molar-refractivity contribution >= 4 is 5.97 Å². The molecule has 1 fully saturated rings. The molecule has 0 aliphatic carbocycles. The maximum Gasteiger partial charge on any atom is 0.334 e. The molecule has 0 saturated carbocycles. The molecule has 232 valence electrons. The summed E-state index contributed by atoms with van der Waals surface area (Å²) in [5.74, 6) is -0.0920. The topological polar surface area (TPSA) is 38.8 Å². The highest BCUT2D eigenvalue weighted by atomic mass is 16.6. The van der Waals surface area contributed by atoms with Gasteiger partial charge in [0.2, 0.25) is 0 Å². The van der Waals surface area contributed by atoms with Crippen LogP contribution in [0.5, 0.6) is 0 Å². The van der Waals surface area contributed by atoms with E-state index < -0.39 is 0 Å². The summed E-state index contributed by atoms with van der Waals surface area (Å²) in [6.07, 6.45) is 44.1. The minimum atomic E-state index is -0.0920. The first-order chi connectivity index (χ1) is 19.7. The third kappa shape index (κ3) is 19.1. The second kappa shape index (κ2) is 24.5. The number of cyclic esters (lactones) is 1. The van der Waals surface area contributed by atoms with Gasteiger partial charge in [0.1, 0.15) is 6.10 Å². The Hall–Kier alpha value is -1.09. The van der Waals surface area contributed by atoms with Crippen LogP contribution in [0.3, 0.4) is 0 Å². The molecule has 2 aliphatic heterocycles. The smallest absolute Gasteiger partial charge is 0.334 e. The van der Waals surface area contributed by atoms with Crippen molar-refractivity contribution in [2.45, 2.75) is 206 Å². The lowest BCUT2D eigenvalue weighted by molar-refractivity contribution is -0.139. The molecular weight excluding hydrogens is 492 g/mol. The highest BCUT2D eigenvalue weighted by Gasteiger charge is 2.36. The van der Waals surface area contributed by atoms with Crippen LogP contribution in [0.25, 0.3) is 0 Å². The average molecular weight is 559 g/mol. The van der Waals surface area contributed by atoms with Gasteiger partial charge in [-0.2, -0.15) is 0 Å². The highest BCUT2D eigenvalue weighted by molar-refractivity contribution is 5.90. The first-order valence-electron chi connectivity index (χ1n) is 17.9. The number of epoxide rings is 1. The molecule has 0 amide bonds. The van der Waals surface area contributed by atoms with Crippen molar-refractivity contribution in [2.75, 3.05) is 0 Å². The Labute approximate surface area is 249 Å². The largest absolute Gasteiger partial charge is 0.455 e. The summed E-state index contributed by atoms with van der Waals surface area (Å²) in [6.45, 7) is 4.23. The number of hydrogen-bond donors (Lipinski definition) is 0. The van der Waals surface area contributed by atoms with E-state index in [1.807, 2.05) is 13.0 Å². The summed E-state index contributed by atoms with van der Waals surface area (Å²) in [5.41, 5.74) is 0.898. The van der Waals surface area contributed by atoms with Gasteiger partial charge in [-0.1, -0.05) is 147 Å². The van der Waals surface area contributed by atoms with Crippen LogP contribution in [0.4, 0.5) is 0 Å². The van der Waals surface area contributed by atoms with Gasteiger partial charge >= 0.3 is 5.97 Å². The Bertz CT molecular complexity index is 666. The predicted molar refractivity (Wildman–Crippen MR) is 172 cm³/mol. The molecule has 2 rings (SSSR count). The summed E-state index contributed by atoms with van der Waals surface area (Å²) in [6, 6.07) is 0. The normalized spacial score (nSPS) is 20.4. The van der Waals surface area contributed by atoms with E-state index in [9.17, 15) is 4.79 Å². The molecule has 0 radical (unpaired) electrons. The van der Waals surface area contributed by atoms with Gasteiger partial charge in [-0.3, -0.25) is 0 Å². The van der Waals surface area contributed by atoms with Crippen molar-refractivity contribution in [1.82, 2.24) is 0 Å². The van der Waals surface area contributed by atoms with E-state index in [-0.39, 0.29) is 12.1 Å². The van der Waals surface area contributed by atoms with Gasteiger partial charge < -0.3 is 9.47 Å². The number of carbonyl (C=O) groups excluding carboxylic acids is 1. The number of rotatable bonds is 29. The lowest BCUT2D eigenvalue weighted by Crippen LogP contribution is -2.03. The van der Waals surface area contributed by atoms with Gasteiger partial charge in [0, 0.05) is 5.57 Å². The third-order valence-corrected chi connectivity index (χ3v) is 8.87. The fourth-order valence-electron chi connectivity index (χ4n) is 6.18. The van der Waals surface area contributed by atoms with Crippen LogP contribution in [0.15, 0.2) is 23.8 Å². The maximum atomic E-state index is 11.6. The molecule has 3 nitrogen and oxygen atoms in total. The fraction of sp³-hybridized carbons (Fsp3) is 0.865. The molecule has 0 aromatic carbocycles. The van der Waals surface area contributed by atoms with E-state index >= 15 is 0 Å². The van der Waals surface area contributed by atoms with Crippen molar-refractivity contribution in [3.63, 3.8) is 0 Å². The Balaban J connectivity index is 1.22. The molecule has 0 N–H and O–H groups in total. The molecule has 0 spiro atoms. The summed E-state index contributed by atoms with van der Waals surface area (Å²) in [5, 5.41) is 0.